The first-order valence-corrected chi connectivity index (χ1v) is 8.09. The molecule has 0 amide bonds. The summed E-state index contributed by atoms with van der Waals surface area (Å²) in [6.07, 6.45) is -7.52. The van der Waals surface area contributed by atoms with Crippen LogP contribution in [0.1, 0.15) is 17.2 Å². The third-order valence-electron chi connectivity index (χ3n) is 2.72. The molecule has 0 bridgehead atoms. The number of alkyl halides is 4. The first-order chi connectivity index (χ1) is 9.00. The lowest BCUT2D eigenvalue weighted by Crippen LogP contribution is -2.19. The molecule has 20 heavy (non-hydrogen) atoms. The molecule has 114 valence electrons. The predicted octanol–water partition coefficient (Wildman–Crippen LogP) is 2.02. The van der Waals surface area contributed by atoms with Gasteiger partial charge in [-0.1, -0.05) is 11.3 Å². The molecule has 2 rings (SSSR count). The number of fused-ring (bicyclic) bond motifs is 1. The summed E-state index contributed by atoms with van der Waals surface area (Å²) >= 11 is 0.479. The van der Waals surface area contributed by atoms with Crippen molar-refractivity contribution in [3.63, 3.8) is 0 Å². The van der Waals surface area contributed by atoms with Crippen molar-refractivity contribution in [3.8, 4) is 5.06 Å². The van der Waals surface area contributed by atoms with Crippen molar-refractivity contribution in [2.24, 2.45) is 0 Å². The zero-order valence-corrected chi connectivity index (χ0v) is 11.7. The zero-order valence-electron chi connectivity index (χ0n) is 10.1. The number of ether oxygens (including phenoxy) is 1. The quantitative estimate of drug-likeness (QED) is 0.859. The van der Waals surface area contributed by atoms with Crippen LogP contribution >= 0.6 is 11.3 Å². The summed E-state index contributed by atoms with van der Waals surface area (Å²) in [7, 11) is -3.79. The average Bonchev–Trinajstić information content (AvgIpc) is 2.74. The maximum atomic E-state index is 13.4. The molecule has 0 radical (unpaired) electrons. The summed E-state index contributed by atoms with van der Waals surface area (Å²) in [5, 5.41) is 9.32. The summed E-state index contributed by atoms with van der Waals surface area (Å²) in [6, 6.07) is 0. The lowest BCUT2D eigenvalue weighted by atomic mass is 10.2. The van der Waals surface area contributed by atoms with E-state index in [0.29, 0.717) is 11.3 Å². The Morgan fingerprint density at radius 1 is 1.45 bits per heavy atom. The Morgan fingerprint density at radius 2 is 2.05 bits per heavy atom. The normalized spacial score (nSPS) is 22.9. The number of thiophene rings is 1. The highest BCUT2D eigenvalue weighted by Crippen LogP contribution is 2.48. The summed E-state index contributed by atoms with van der Waals surface area (Å²) < 4.78 is 77.1. The molecule has 1 N–H and O–H groups in total. The number of aliphatic hydroxyl groups excluding tert-OH is 1. The Morgan fingerprint density at radius 3 is 2.55 bits per heavy atom. The molecular weight excluding hydrogens is 324 g/mol. The minimum Gasteiger partial charge on any atom is -0.474 e. The van der Waals surface area contributed by atoms with Crippen molar-refractivity contribution >= 4 is 21.2 Å². The second-order valence-electron chi connectivity index (χ2n) is 4.41. The summed E-state index contributed by atoms with van der Waals surface area (Å²) in [4.78, 5) is 0. The van der Waals surface area contributed by atoms with Gasteiger partial charge in [-0.3, -0.25) is 0 Å². The van der Waals surface area contributed by atoms with Crippen molar-refractivity contribution < 1.29 is 35.8 Å². The van der Waals surface area contributed by atoms with Gasteiger partial charge in [0.25, 0.3) is 0 Å². The van der Waals surface area contributed by atoms with Gasteiger partial charge in [0.1, 0.15) is 16.5 Å². The number of aliphatic hydroxyl groups is 1. The van der Waals surface area contributed by atoms with Crippen LogP contribution in [0.2, 0.25) is 0 Å². The molecule has 0 aliphatic heterocycles. The lowest BCUT2D eigenvalue weighted by Gasteiger charge is -2.08. The Labute approximate surface area is 115 Å². The van der Waals surface area contributed by atoms with E-state index in [1.165, 1.54) is 0 Å². The van der Waals surface area contributed by atoms with E-state index < -0.39 is 34.9 Å². The van der Waals surface area contributed by atoms with Crippen LogP contribution in [-0.4, -0.2) is 38.7 Å². The molecule has 0 aromatic carbocycles. The fourth-order valence-corrected chi connectivity index (χ4v) is 4.39. The van der Waals surface area contributed by atoms with E-state index in [4.69, 9.17) is 0 Å². The average molecular weight is 334 g/mol. The number of rotatable bonds is 3. The Balaban J connectivity index is 2.44. The maximum absolute atomic E-state index is 13.4. The molecule has 0 saturated carbocycles. The third kappa shape index (κ3) is 2.91. The van der Waals surface area contributed by atoms with Crippen molar-refractivity contribution in [1.82, 2.24) is 0 Å². The largest absolute Gasteiger partial charge is 0.474 e. The molecule has 1 aromatic rings. The van der Waals surface area contributed by atoms with Gasteiger partial charge in [0.15, 0.2) is 21.5 Å². The predicted molar refractivity (Wildman–Crippen MR) is 62.5 cm³/mol. The Bertz CT molecular complexity index is 620. The van der Waals surface area contributed by atoms with Crippen molar-refractivity contribution in [1.29, 1.82) is 0 Å². The molecule has 1 aliphatic carbocycles. The number of halogens is 4. The van der Waals surface area contributed by atoms with Crippen LogP contribution in [0.3, 0.4) is 0 Å². The Hall–Kier alpha value is -0.870. The van der Waals surface area contributed by atoms with E-state index in [-0.39, 0.29) is 26.8 Å². The van der Waals surface area contributed by atoms with E-state index in [9.17, 15) is 31.1 Å². The van der Waals surface area contributed by atoms with Crippen LogP contribution in [0.25, 0.3) is 0 Å². The number of hydrogen-bond donors (Lipinski definition) is 1. The molecule has 1 aromatic heterocycles. The lowest BCUT2D eigenvalue weighted by molar-refractivity contribution is -0.153. The van der Waals surface area contributed by atoms with Crippen LogP contribution in [0, 0.1) is 0 Å². The molecular formula is C10H10F4O4S2. The van der Waals surface area contributed by atoms with E-state index in [1.54, 1.807) is 0 Å². The van der Waals surface area contributed by atoms with Gasteiger partial charge in [0.05, 0.1) is 0 Å². The van der Waals surface area contributed by atoms with Gasteiger partial charge in [-0.25, -0.2) is 12.8 Å². The molecule has 0 unspecified atom stereocenters. The monoisotopic (exact) mass is 334 g/mol. The highest BCUT2D eigenvalue weighted by molar-refractivity contribution is 7.92. The zero-order chi connectivity index (χ0) is 15.3. The molecule has 0 saturated heterocycles. The standard InChI is InChI=1S/C10H10F4O4S2/c1-20(16,17)9-6-4(2-5(11)7(6)15)8(19-9)18-3-10(12,13)14/h5,7,15H,2-3H2,1H3/t5-,7-/m1/s1. The third-order valence-corrected chi connectivity index (χ3v) is 5.72. The van der Waals surface area contributed by atoms with Crippen molar-refractivity contribution in [3.05, 3.63) is 11.1 Å². The summed E-state index contributed by atoms with van der Waals surface area (Å²) in [5.41, 5.74) is -0.179. The number of sulfone groups is 1. The van der Waals surface area contributed by atoms with E-state index in [2.05, 4.69) is 4.74 Å². The molecule has 1 heterocycles. The molecule has 2 atom stereocenters. The fraction of sp³-hybridized carbons (Fsp3) is 0.600. The minimum absolute atomic E-state index is 0.000301. The molecule has 10 heteroatoms. The van der Waals surface area contributed by atoms with Gasteiger partial charge in [0.2, 0.25) is 0 Å². The van der Waals surface area contributed by atoms with Gasteiger partial charge >= 0.3 is 6.18 Å². The second-order valence-corrected chi connectivity index (χ2v) is 7.60. The second kappa shape index (κ2) is 4.85. The highest BCUT2D eigenvalue weighted by atomic mass is 32.2. The van der Waals surface area contributed by atoms with Crippen LogP contribution in [-0.2, 0) is 16.3 Å². The first kappa shape index (κ1) is 15.5. The van der Waals surface area contributed by atoms with Crippen LogP contribution < -0.4 is 4.74 Å². The van der Waals surface area contributed by atoms with E-state index in [0.717, 1.165) is 6.26 Å². The smallest absolute Gasteiger partial charge is 0.422 e. The SMILES string of the molecule is CS(=O)(=O)c1sc(OCC(F)(F)F)c2c1[C@H](O)[C@H](F)C2. The fourth-order valence-electron chi connectivity index (χ4n) is 1.95. The molecule has 1 aliphatic rings. The van der Waals surface area contributed by atoms with Gasteiger partial charge in [-0.05, 0) is 0 Å². The summed E-state index contributed by atoms with van der Waals surface area (Å²) in [6.45, 7) is -1.60. The Kier molecular flexibility index (Phi) is 3.76. The van der Waals surface area contributed by atoms with Crippen LogP contribution in [0.15, 0.2) is 4.21 Å². The van der Waals surface area contributed by atoms with Crippen LogP contribution in [0.5, 0.6) is 5.06 Å². The van der Waals surface area contributed by atoms with Gasteiger partial charge < -0.3 is 9.84 Å². The van der Waals surface area contributed by atoms with Crippen LogP contribution in [0.4, 0.5) is 17.6 Å². The van der Waals surface area contributed by atoms with Gasteiger partial charge in [0, 0.05) is 23.8 Å². The van der Waals surface area contributed by atoms with E-state index >= 15 is 0 Å². The first-order valence-electron chi connectivity index (χ1n) is 5.38. The molecule has 4 nitrogen and oxygen atoms in total. The molecule has 0 spiro atoms. The van der Waals surface area contributed by atoms with Gasteiger partial charge in [-0.15, -0.1) is 0 Å². The highest BCUT2D eigenvalue weighted by Gasteiger charge is 2.41. The van der Waals surface area contributed by atoms with Gasteiger partial charge in [-0.2, -0.15) is 13.2 Å². The van der Waals surface area contributed by atoms with Crippen molar-refractivity contribution in [2.75, 3.05) is 12.9 Å². The molecule has 0 fully saturated rings. The number of hydrogen-bond acceptors (Lipinski definition) is 5. The minimum atomic E-state index is -4.59. The summed E-state index contributed by atoms with van der Waals surface area (Å²) in [5.74, 6) is 0. The van der Waals surface area contributed by atoms with Crippen molar-refractivity contribution in [2.45, 2.75) is 29.1 Å². The van der Waals surface area contributed by atoms with E-state index in [1.807, 2.05) is 0 Å². The maximum Gasteiger partial charge on any atom is 0.422 e. The topological polar surface area (TPSA) is 63.6 Å².